The minimum atomic E-state index is -4.42. The van der Waals surface area contributed by atoms with E-state index >= 15 is 0 Å². The van der Waals surface area contributed by atoms with Crippen LogP contribution in [0, 0.1) is 0 Å². The fraction of sp³-hybridized carbons (Fsp3) is 0.500. The summed E-state index contributed by atoms with van der Waals surface area (Å²) in [5, 5.41) is 4.07. The molecule has 1 aliphatic heterocycles. The Balaban J connectivity index is 1.70. The number of nitrogens with one attached hydrogen (secondary N) is 1. The zero-order valence-corrected chi connectivity index (χ0v) is 14.3. The molecule has 25 heavy (non-hydrogen) atoms. The molecule has 9 heteroatoms. The molecule has 2 aromatic rings. The number of likely N-dealkylation sites (tertiary alicyclic amines) is 1. The van der Waals surface area contributed by atoms with Crippen molar-refractivity contribution in [3.05, 3.63) is 41.1 Å². The van der Waals surface area contributed by atoms with E-state index in [1.807, 2.05) is 11.4 Å². The highest BCUT2D eigenvalue weighted by atomic mass is 32.1. The van der Waals surface area contributed by atoms with Crippen LogP contribution < -0.4 is 5.32 Å². The van der Waals surface area contributed by atoms with E-state index in [1.54, 1.807) is 22.1 Å². The molecule has 1 aliphatic rings. The predicted octanol–water partition coefficient (Wildman–Crippen LogP) is 2.61. The summed E-state index contributed by atoms with van der Waals surface area (Å²) in [6.45, 7) is 0.744. The van der Waals surface area contributed by atoms with Crippen molar-refractivity contribution in [2.75, 3.05) is 19.6 Å². The summed E-state index contributed by atoms with van der Waals surface area (Å²) in [7, 11) is 0. The molecule has 0 saturated carbocycles. The molecule has 1 saturated heterocycles. The van der Waals surface area contributed by atoms with Crippen LogP contribution in [0.25, 0.3) is 0 Å². The Morgan fingerprint density at radius 3 is 2.68 bits per heavy atom. The second-order valence-corrected chi connectivity index (χ2v) is 7.19. The maximum absolute atomic E-state index is 12.6. The quantitative estimate of drug-likeness (QED) is 0.878. The highest BCUT2D eigenvalue weighted by molar-refractivity contribution is 7.09. The van der Waals surface area contributed by atoms with Crippen molar-refractivity contribution in [3.8, 4) is 0 Å². The molecule has 0 aliphatic carbocycles. The number of carbonyl (C=O) groups excluding carboxylic acids is 1. The lowest BCUT2D eigenvalue weighted by Gasteiger charge is -2.41. The van der Waals surface area contributed by atoms with Gasteiger partial charge in [0.05, 0.1) is 6.33 Å². The summed E-state index contributed by atoms with van der Waals surface area (Å²) in [4.78, 5) is 20.0. The number of nitrogens with zero attached hydrogens (tertiary/aromatic N) is 3. The van der Waals surface area contributed by atoms with Crippen LogP contribution in [0.1, 0.15) is 17.7 Å². The first-order valence-electron chi connectivity index (χ1n) is 7.97. The summed E-state index contributed by atoms with van der Waals surface area (Å²) < 4.78 is 39.1. The second-order valence-electron chi connectivity index (χ2n) is 6.15. The summed E-state index contributed by atoms with van der Waals surface area (Å²) in [6.07, 6.45) is 1.14. The van der Waals surface area contributed by atoms with Crippen molar-refractivity contribution in [3.63, 3.8) is 0 Å². The fourth-order valence-electron chi connectivity index (χ4n) is 3.16. The molecule has 136 valence electrons. The molecule has 1 fully saturated rings. The van der Waals surface area contributed by atoms with E-state index in [4.69, 9.17) is 0 Å². The molecule has 0 spiro atoms. The Labute approximate surface area is 147 Å². The number of aromatic nitrogens is 2. The van der Waals surface area contributed by atoms with Crippen LogP contribution in [0.15, 0.2) is 36.2 Å². The standard InChI is InChI=1S/C16H19F3N4OS/c17-16(18,19)11-21-14(24)15(23-8-5-20-12-23)3-6-22(7-4-15)10-13-2-1-9-25-13/h1-2,5,8-9,12H,3-4,6-7,10-11H2,(H,21,24). The lowest BCUT2D eigenvalue weighted by atomic mass is 9.86. The molecule has 1 amide bonds. The highest BCUT2D eigenvalue weighted by Crippen LogP contribution is 2.32. The number of carbonyl (C=O) groups is 1. The Morgan fingerprint density at radius 1 is 1.36 bits per heavy atom. The predicted molar refractivity (Wildman–Crippen MR) is 88.1 cm³/mol. The van der Waals surface area contributed by atoms with Crippen LogP contribution >= 0.6 is 11.3 Å². The van der Waals surface area contributed by atoms with Crippen LogP contribution in [0.3, 0.4) is 0 Å². The number of hydrogen-bond acceptors (Lipinski definition) is 4. The van der Waals surface area contributed by atoms with Gasteiger partial charge in [0.15, 0.2) is 0 Å². The minimum absolute atomic E-state index is 0.443. The lowest BCUT2D eigenvalue weighted by Crippen LogP contribution is -2.55. The van der Waals surface area contributed by atoms with Crippen LogP contribution in [0.4, 0.5) is 13.2 Å². The summed E-state index contributed by atoms with van der Waals surface area (Å²) in [5.41, 5.74) is -1.02. The molecule has 0 aromatic carbocycles. The number of imidazole rings is 1. The van der Waals surface area contributed by atoms with Gasteiger partial charge in [0.2, 0.25) is 5.91 Å². The summed E-state index contributed by atoms with van der Waals surface area (Å²) >= 11 is 1.67. The number of alkyl halides is 3. The first kappa shape index (κ1) is 17.9. The fourth-order valence-corrected chi connectivity index (χ4v) is 3.91. The van der Waals surface area contributed by atoms with Crippen molar-refractivity contribution >= 4 is 17.2 Å². The van der Waals surface area contributed by atoms with Gasteiger partial charge in [-0.25, -0.2) is 4.98 Å². The third-order valence-corrected chi connectivity index (χ3v) is 5.37. The van der Waals surface area contributed by atoms with Gasteiger partial charge in [0.1, 0.15) is 12.1 Å². The average molecular weight is 372 g/mol. The third kappa shape index (κ3) is 4.21. The van der Waals surface area contributed by atoms with Gasteiger partial charge in [0.25, 0.3) is 0 Å². The SMILES string of the molecule is O=C(NCC(F)(F)F)C1(n2ccnc2)CCN(Cc2cccs2)CC1. The Kier molecular flexibility index (Phi) is 5.14. The number of rotatable bonds is 5. The van der Waals surface area contributed by atoms with Crippen LogP contribution in [0.5, 0.6) is 0 Å². The van der Waals surface area contributed by atoms with Crippen molar-refractivity contribution in [2.24, 2.45) is 0 Å². The summed E-state index contributed by atoms with van der Waals surface area (Å²) in [6, 6.07) is 4.04. The van der Waals surface area contributed by atoms with Crippen molar-refractivity contribution in [1.82, 2.24) is 19.8 Å². The molecule has 0 bridgehead atoms. The first-order chi connectivity index (χ1) is 11.9. The van der Waals surface area contributed by atoms with Gasteiger partial charge in [-0.05, 0) is 24.3 Å². The molecule has 1 N–H and O–H groups in total. The van der Waals surface area contributed by atoms with Gasteiger partial charge >= 0.3 is 6.18 Å². The van der Waals surface area contributed by atoms with E-state index in [-0.39, 0.29) is 0 Å². The number of hydrogen-bond donors (Lipinski definition) is 1. The van der Waals surface area contributed by atoms with Gasteiger partial charge in [-0.15, -0.1) is 11.3 Å². The largest absolute Gasteiger partial charge is 0.405 e. The van der Waals surface area contributed by atoms with E-state index < -0.39 is 24.2 Å². The van der Waals surface area contributed by atoms with E-state index in [9.17, 15) is 18.0 Å². The zero-order valence-electron chi connectivity index (χ0n) is 13.5. The molecule has 2 aromatic heterocycles. The topological polar surface area (TPSA) is 50.2 Å². The van der Waals surface area contributed by atoms with Crippen molar-refractivity contribution < 1.29 is 18.0 Å². The van der Waals surface area contributed by atoms with Crippen LogP contribution in [0.2, 0.25) is 0 Å². The number of piperidine rings is 1. The number of thiophene rings is 1. The monoisotopic (exact) mass is 372 g/mol. The average Bonchev–Trinajstić information content (AvgIpc) is 3.26. The molecule has 0 atom stereocenters. The molecular weight excluding hydrogens is 353 g/mol. The van der Waals surface area contributed by atoms with E-state index in [0.717, 1.165) is 6.54 Å². The van der Waals surface area contributed by atoms with Crippen LogP contribution in [-0.2, 0) is 16.9 Å². The van der Waals surface area contributed by atoms with E-state index in [0.29, 0.717) is 25.9 Å². The molecule has 0 unspecified atom stereocenters. The summed E-state index contributed by atoms with van der Waals surface area (Å²) in [5.74, 6) is -0.599. The molecule has 5 nitrogen and oxygen atoms in total. The van der Waals surface area contributed by atoms with E-state index in [1.165, 1.54) is 17.4 Å². The van der Waals surface area contributed by atoms with Gasteiger partial charge in [-0.2, -0.15) is 13.2 Å². The smallest absolute Gasteiger partial charge is 0.345 e. The van der Waals surface area contributed by atoms with Gasteiger partial charge < -0.3 is 9.88 Å². The van der Waals surface area contributed by atoms with Gasteiger partial charge in [-0.3, -0.25) is 9.69 Å². The second kappa shape index (κ2) is 7.17. The number of halogens is 3. The van der Waals surface area contributed by atoms with Gasteiger partial charge in [-0.1, -0.05) is 6.07 Å². The normalized spacial score (nSPS) is 18.2. The zero-order chi connectivity index (χ0) is 17.9. The maximum Gasteiger partial charge on any atom is 0.405 e. The Hall–Kier alpha value is -1.87. The molecule has 0 radical (unpaired) electrons. The van der Waals surface area contributed by atoms with E-state index in [2.05, 4.69) is 21.3 Å². The third-order valence-electron chi connectivity index (χ3n) is 4.51. The maximum atomic E-state index is 12.6. The molecular formula is C16H19F3N4OS. The van der Waals surface area contributed by atoms with Crippen molar-refractivity contribution in [2.45, 2.75) is 31.1 Å². The highest BCUT2D eigenvalue weighted by Gasteiger charge is 2.44. The van der Waals surface area contributed by atoms with Crippen molar-refractivity contribution in [1.29, 1.82) is 0 Å². The lowest BCUT2D eigenvalue weighted by molar-refractivity contribution is -0.145. The minimum Gasteiger partial charge on any atom is -0.345 e. The van der Waals surface area contributed by atoms with Gasteiger partial charge in [0, 0.05) is 36.9 Å². The van der Waals surface area contributed by atoms with Crippen LogP contribution in [-0.4, -0.2) is 46.2 Å². The molecule has 3 heterocycles. The molecule has 3 rings (SSSR count). The first-order valence-corrected chi connectivity index (χ1v) is 8.85. The number of amides is 1. The Morgan fingerprint density at radius 2 is 2.12 bits per heavy atom. The Bertz CT molecular complexity index is 677.